The molecule has 0 aliphatic carbocycles. The highest BCUT2D eigenvalue weighted by molar-refractivity contribution is 4.63. The third kappa shape index (κ3) is 4.73. The molecule has 10 heavy (non-hydrogen) atoms. The molecular weight excluding hydrogens is 128 g/mol. The van der Waals surface area contributed by atoms with Gasteiger partial charge in [-0.15, -0.1) is 0 Å². The fourth-order valence-electron chi connectivity index (χ4n) is 0.377. The van der Waals surface area contributed by atoms with Crippen LogP contribution in [0.25, 0.3) is 0 Å². The number of nitrogens with two attached hydrogens (primary N) is 1. The van der Waals surface area contributed by atoms with Crippen LogP contribution < -0.4 is 11.2 Å². The van der Waals surface area contributed by atoms with Crippen LogP contribution in [-0.4, -0.2) is 18.7 Å². The molecule has 0 fully saturated rings. The van der Waals surface area contributed by atoms with E-state index in [9.17, 15) is 0 Å². The van der Waals surface area contributed by atoms with Crippen molar-refractivity contribution in [1.82, 2.24) is 5.48 Å². The maximum Gasteiger partial charge on any atom is 0.0838 e. The lowest BCUT2D eigenvalue weighted by atomic mass is 10.1. The first-order chi connectivity index (χ1) is 4.62. The van der Waals surface area contributed by atoms with Crippen LogP contribution in [0.3, 0.4) is 0 Å². The van der Waals surface area contributed by atoms with Gasteiger partial charge in [0.2, 0.25) is 0 Å². The van der Waals surface area contributed by atoms with Crippen LogP contribution in [0.1, 0.15) is 27.2 Å². The van der Waals surface area contributed by atoms with Crippen molar-refractivity contribution < 1.29 is 4.84 Å². The lowest BCUT2D eigenvalue weighted by molar-refractivity contribution is -0.0845. The minimum Gasteiger partial charge on any atom is -0.329 e. The van der Waals surface area contributed by atoms with Gasteiger partial charge < -0.3 is 5.73 Å². The second-order valence-corrected chi connectivity index (χ2v) is 2.90. The predicted molar refractivity (Wildman–Crippen MR) is 42.5 cm³/mol. The molecule has 3 N–H and O–H groups in total. The summed E-state index contributed by atoms with van der Waals surface area (Å²) >= 11 is 0. The van der Waals surface area contributed by atoms with Gasteiger partial charge >= 0.3 is 0 Å². The first-order valence-corrected chi connectivity index (χ1v) is 3.73. The second-order valence-electron chi connectivity index (χ2n) is 2.90. The summed E-state index contributed by atoms with van der Waals surface area (Å²) in [6.45, 7) is 7.49. The standard InChI is InChI=1S/C7H18N2O/c1-4-7(2,3)10-9-6-5-8/h9H,4-6,8H2,1-3H3. The molecule has 0 heterocycles. The zero-order chi connectivity index (χ0) is 8.04. The molecule has 0 radical (unpaired) electrons. The summed E-state index contributed by atoms with van der Waals surface area (Å²) in [5, 5.41) is 0. The average Bonchev–Trinajstić information content (AvgIpc) is 1.89. The Bertz CT molecular complexity index is 83.7. The second kappa shape index (κ2) is 4.66. The summed E-state index contributed by atoms with van der Waals surface area (Å²) in [4.78, 5) is 5.29. The highest BCUT2D eigenvalue weighted by Crippen LogP contribution is 2.10. The van der Waals surface area contributed by atoms with Crippen LogP contribution in [0.15, 0.2) is 0 Å². The van der Waals surface area contributed by atoms with Crippen molar-refractivity contribution in [2.45, 2.75) is 32.8 Å². The van der Waals surface area contributed by atoms with E-state index in [1.165, 1.54) is 0 Å². The molecule has 0 aliphatic heterocycles. The molecule has 0 aromatic carbocycles. The van der Waals surface area contributed by atoms with Crippen LogP contribution in [0.4, 0.5) is 0 Å². The monoisotopic (exact) mass is 146 g/mol. The summed E-state index contributed by atoms with van der Waals surface area (Å²) in [6, 6.07) is 0. The molecule has 0 aromatic heterocycles. The van der Waals surface area contributed by atoms with E-state index in [1.807, 2.05) is 13.8 Å². The number of nitrogens with one attached hydrogen (secondary N) is 1. The van der Waals surface area contributed by atoms with E-state index in [4.69, 9.17) is 10.6 Å². The van der Waals surface area contributed by atoms with E-state index in [1.54, 1.807) is 0 Å². The van der Waals surface area contributed by atoms with Crippen molar-refractivity contribution in [3.05, 3.63) is 0 Å². The van der Waals surface area contributed by atoms with E-state index in [-0.39, 0.29) is 5.60 Å². The van der Waals surface area contributed by atoms with Crippen LogP contribution >= 0.6 is 0 Å². The minimum atomic E-state index is -0.0742. The molecule has 0 spiro atoms. The highest BCUT2D eigenvalue weighted by atomic mass is 16.7. The third-order valence-corrected chi connectivity index (χ3v) is 1.45. The van der Waals surface area contributed by atoms with E-state index < -0.39 is 0 Å². The van der Waals surface area contributed by atoms with Gasteiger partial charge in [-0.25, -0.2) is 5.48 Å². The molecule has 0 bridgehead atoms. The molecule has 0 rings (SSSR count). The first-order valence-electron chi connectivity index (χ1n) is 3.73. The van der Waals surface area contributed by atoms with Gasteiger partial charge in [-0.2, -0.15) is 0 Å². The number of hydrogen-bond donors (Lipinski definition) is 2. The zero-order valence-electron chi connectivity index (χ0n) is 7.11. The molecule has 0 aromatic rings. The Morgan fingerprint density at radius 3 is 2.50 bits per heavy atom. The first kappa shape index (κ1) is 9.88. The van der Waals surface area contributed by atoms with Gasteiger partial charge in [-0.1, -0.05) is 6.92 Å². The molecule has 0 amide bonds. The van der Waals surface area contributed by atoms with Crippen molar-refractivity contribution in [2.75, 3.05) is 13.1 Å². The van der Waals surface area contributed by atoms with Crippen molar-refractivity contribution >= 4 is 0 Å². The van der Waals surface area contributed by atoms with Gasteiger partial charge in [0.15, 0.2) is 0 Å². The van der Waals surface area contributed by atoms with Gasteiger partial charge in [0.1, 0.15) is 0 Å². The molecule has 0 atom stereocenters. The fourth-order valence-corrected chi connectivity index (χ4v) is 0.377. The summed E-state index contributed by atoms with van der Waals surface area (Å²) in [5.74, 6) is 0. The highest BCUT2D eigenvalue weighted by Gasteiger charge is 2.14. The Labute approximate surface area is 62.9 Å². The van der Waals surface area contributed by atoms with Crippen molar-refractivity contribution in [1.29, 1.82) is 0 Å². The Kier molecular flexibility index (Phi) is 4.60. The van der Waals surface area contributed by atoms with Gasteiger partial charge in [0.25, 0.3) is 0 Å². The molecule has 0 aliphatic rings. The molecule has 0 saturated carbocycles. The van der Waals surface area contributed by atoms with Gasteiger partial charge in [-0.3, -0.25) is 4.84 Å². The predicted octanol–water partition coefficient (Wildman–Crippen LogP) is 0.655. The van der Waals surface area contributed by atoms with Crippen molar-refractivity contribution in [3.63, 3.8) is 0 Å². The largest absolute Gasteiger partial charge is 0.329 e. The van der Waals surface area contributed by atoms with Crippen LogP contribution in [0, 0.1) is 0 Å². The number of rotatable bonds is 5. The lowest BCUT2D eigenvalue weighted by Gasteiger charge is -2.22. The van der Waals surface area contributed by atoms with Gasteiger partial charge in [-0.05, 0) is 20.3 Å². The Morgan fingerprint density at radius 2 is 2.10 bits per heavy atom. The molecule has 0 unspecified atom stereocenters. The molecule has 3 heteroatoms. The SMILES string of the molecule is CCC(C)(C)ONCCN. The Hall–Kier alpha value is -0.120. The topological polar surface area (TPSA) is 47.3 Å². The van der Waals surface area contributed by atoms with E-state index in [0.29, 0.717) is 13.1 Å². The fraction of sp³-hybridized carbons (Fsp3) is 1.00. The smallest absolute Gasteiger partial charge is 0.0838 e. The van der Waals surface area contributed by atoms with E-state index >= 15 is 0 Å². The average molecular weight is 146 g/mol. The molecule has 3 nitrogen and oxygen atoms in total. The van der Waals surface area contributed by atoms with Crippen LogP contribution in [-0.2, 0) is 4.84 Å². The molecular formula is C7H18N2O. The Balaban J connectivity index is 3.28. The van der Waals surface area contributed by atoms with E-state index in [0.717, 1.165) is 6.42 Å². The normalized spacial score (nSPS) is 12.0. The van der Waals surface area contributed by atoms with E-state index in [2.05, 4.69) is 12.4 Å². The number of hydroxylamine groups is 1. The maximum atomic E-state index is 5.29. The summed E-state index contributed by atoms with van der Waals surface area (Å²) in [7, 11) is 0. The van der Waals surface area contributed by atoms with Crippen molar-refractivity contribution in [3.8, 4) is 0 Å². The minimum absolute atomic E-state index is 0.0742. The van der Waals surface area contributed by atoms with Gasteiger partial charge in [0.05, 0.1) is 5.60 Å². The quantitative estimate of drug-likeness (QED) is 0.442. The van der Waals surface area contributed by atoms with Crippen molar-refractivity contribution in [2.24, 2.45) is 5.73 Å². The van der Waals surface area contributed by atoms with Crippen LogP contribution in [0.2, 0.25) is 0 Å². The lowest BCUT2D eigenvalue weighted by Crippen LogP contribution is -2.34. The summed E-state index contributed by atoms with van der Waals surface area (Å²) in [5.41, 5.74) is 7.98. The van der Waals surface area contributed by atoms with Crippen LogP contribution in [0.5, 0.6) is 0 Å². The summed E-state index contributed by atoms with van der Waals surface area (Å²) in [6.07, 6.45) is 0.991. The summed E-state index contributed by atoms with van der Waals surface area (Å²) < 4.78 is 0. The maximum absolute atomic E-state index is 5.29. The van der Waals surface area contributed by atoms with Gasteiger partial charge in [0, 0.05) is 13.1 Å². The third-order valence-electron chi connectivity index (χ3n) is 1.45. The molecule has 62 valence electrons. The Morgan fingerprint density at radius 1 is 1.50 bits per heavy atom. The molecule has 0 saturated heterocycles. The zero-order valence-corrected chi connectivity index (χ0v) is 7.11. The number of hydrogen-bond acceptors (Lipinski definition) is 3.